The Hall–Kier alpha value is 0.171. The summed E-state index contributed by atoms with van der Waals surface area (Å²) < 4.78 is 24.7. The third kappa shape index (κ3) is 20.2. The molecular formula is C6H24O12Si3. The summed E-state index contributed by atoms with van der Waals surface area (Å²) >= 11 is 0. The van der Waals surface area contributed by atoms with Gasteiger partial charge >= 0.3 is 27.1 Å². The van der Waals surface area contributed by atoms with Crippen LogP contribution < -0.4 is 0 Å². The molecule has 0 aromatic rings. The molecule has 0 aliphatic heterocycles. The van der Waals surface area contributed by atoms with Gasteiger partial charge in [0.1, 0.15) is 0 Å². The first-order chi connectivity index (χ1) is 9.36. The normalized spacial score (nSPS) is 12.0. The van der Waals surface area contributed by atoms with Gasteiger partial charge in [-0.25, -0.2) is 0 Å². The third-order valence-corrected chi connectivity index (χ3v) is 4.79. The highest BCUT2D eigenvalue weighted by Crippen LogP contribution is 1.90. The van der Waals surface area contributed by atoms with Crippen molar-refractivity contribution in [1.82, 2.24) is 0 Å². The Morgan fingerprint density at radius 2 is 0.476 bits per heavy atom. The molecule has 132 valence electrons. The molecule has 0 spiro atoms. The lowest BCUT2D eigenvalue weighted by Crippen LogP contribution is -2.40. The van der Waals surface area contributed by atoms with Gasteiger partial charge in [-0.1, -0.05) is 0 Å². The van der Waals surface area contributed by atoms with Gasteiger partial charge in [0, 0.05) is 42.7 Å². The molecule has 0 rings (SSSR count). The topological polar surface area (TPSA) is 177 Å². The standard InChI is InChI=1S/3C2H8O4Si/c3*1-5-7(3,4)6-2/h3*3-4H,1-2H3. The number of hydrogen-bond donors (Lipinski definition) is 6. The molecule has 12 nitrogen and oxygen atoms in total. The van der Waals surface area contributed by atoms with E-state index in [-0.39, 0.29) is 0 Å². The molecule has 0 bridgehead atoms. The Bertz CT molecular complexity index is 181. The van der Waals surface area contributed by atoms with Crippen molar-refractivity contribution in [3.63, 3.8) is 0 Å². The van der Waals surface area contributed by atoms with Gasteiger partial charge in [0.2, 0.25) is 0 Å². The Morgan fingerprint density at radius 1 is 0.381 bits per heavy atom. The van der Waals surface area contributed by atoms with Crippen LogP contribution in [0.3, 0.4) is 0 Å². The van der Waals surface area contributed by atoms with E-state index in [1.165, 1.54) is 42.7 Å². The molecule has 0 fully saturated rings. The zero-order valence-electron chi connectivity index (χ0n) is 12.6. The predicted molar refractivity (Wildman–Crippen MR) is 72.6 cm³/mol. The molecule has 0 saturated heterocycles. The molecule has 0 saturated carbocycles. The Morgan fingerprint density at radius 3 is 0.476 bits per heavy atom. The maximum absolute atomic E-state index is 8.38. The summed E-state index contributed by atoms with van der Waals surface area (Å²) in [5.74, 6) is 0. The molecule has 0 radical (unpaired) electrons. The highest BCUT2D eigenvalue weighted by Gasteiger charge is 2.33. The van der Waals surface area contributed by atoms with Crippen molar-refractivity contribution in [1.29, 1.82) is 0 Å². The molecule has 0 aromatic carbocycles. The molecule has 0 unspecified atom stereocenters. The van der Waals surface area contributed by atoms with E-state index in [4.69, 9.17) is 28.8 Å². The van der Waals surface area contributed by atoms with E-state index in [9.17, 15) is 0 Å². The summed E-state index contributed by atoms with van der Waals surface area (Å²) in [6.07, 6.45) is 0. The lowest BCUT2D eigenvalue weighted by atomic mass is 11.8. The predicted octanol–water partition coefficient (Wildman–Crippen LogP) is -3.90. The SMILES string of the molecule is CO[Si](O)(O)OC.CO[Si](O)(O)OC.CO[Si](O)(O)OC. The summed E-state index contributed by atoms with van der Waals surface area (Å²) in [5, 5.41) is 0. The highest BCUT2D eigenvalue weighted by molar-refractivity contribution is 6.50. The fourth-order valence-corrected chi connectivity index (χ4v) is 0.750. The second kappa shape index (κ2) is 12.7. The summed E-state index contributed by atoms with van der Waals surface area (Å²) in [4.78, 5) is 50.3. The zero-order valence-corrected chi connectivity index (χ0v) is 15.6. The fourth-order valence-electron chi connectivity index (χ4n) is 0.250. The number of hydrogen-bond acceptors (Lipinski definition) is 12. The highest BCUT2D eigenvalue weighted by atomic mass is 28.4. The van der Waals surface area contributed by atoms with E-state index in [2.05, 4.69) is 26.6 Å². The van der Waals surface area contributed by atoms with Crippen LogP contribution in [-0.2, 0) is 26.6 Å². The molecule has 21 heavy (non-hydrogen) atoms. The summed E-state index contributed by atoms with van der Waals surface area (Å²) in [6.45, 7) is 0. The number of rotatable bonds is 6. The molecular weight excluding hydrogens is 348 g/mol. The molecule has 0 heterocycles. The van der Waals surface area contributed by atoms with Crippen molar-refractivity contribution < 1.29 is 55.3 Å². The minimum Gasteiger partial charge on any atom is -0.367 e. The van der Waals surface area contributed by atoms with E-state index in [1.54, 1.807) is 0 Å². The van der Waals surface area contributed by atoms with E-state index in [1.807, 2.05) is 0 Å². The first kappa shape index (κ1) is 26.1. The van der Waals surface area contributed by atoms with Gasteiger partial charge in [-0.05, 0) is 0 Å². The van der Waals surface area contributed by atoms with Crippen molar-refractivity contribution in [3.05, 3.63) is 0 Å². The monoisotopic (exact) mass is 372 g/mol. The molecule has 0 aliphatic carbocycles. The lowest BCUT2D eigenvalue weighted by Gasteiger charge is -2.08. The van der Waals surface area contributed by atoms with Crippen molar-refractivity contribution in [2.24, 2.45) is 0 Å². The minimum atomic E-state index is -3.65. The van der Waals surface area contributed by atoms with E-state index < -0.39 is 27.1 Å². The van der Waals surface area contributed by atoms with Crippen molar-refractivity contribution >= 4 is 27.1 Å². The lowest BCUT2D eigenvalue weighted by molar-refractivity contribution is 0.0621. The summed E-state index contributed by atoms with van der Waals surface area (Å²) in [7, 11) is -3.90. The second-order valence-electron chi connectivity index (χ2n) is 2.87. The Kier molecular flexibility index (Phi) is 15.8. The molecule has 0 atom stereocenters. The summed E-state index contributed by atoms with van der Waals surface area (Å²) in [5.41, 5.74) is 0. The van der Waals surface area contributed by atoms with Crippen LogP contribution in [0.5, 0.6) is 0 Å². The zero-order chi connectivity index (χ0) is 17.7. The smallest absolute Gasteiger partial charge is 0.367 e. The van der Waals surface area contributed by atoms with Gasteiger partial charge in [-0.2, -0.15) is 0 Å². The van der Waals surface area contributed by atoms with Crippen LogP contribution in [0, 0.1) is 0 Å². The molecule has 0 amide bonds. The van der Waals surface area contributed by atoms with Crippen LogP contribution in [-0.4, -0.2) is 98.6 Å². The van der Waals surface area contributed by atoms with Gasteiger partial charge in [0.15, 0.2) is 0 Å². The quantitative estimate of drug-likeness (QED) is 0.250. The van der Waals surface area contributed by atoms with Crippen molar-refractivity contribution in [2.45, 2.75) is 0 Å². The second-order valence-corrected chi connectivity index (χ2v) is 8.61. The van der Waals surface area contributed by atoms with Crippen molar-refractivity contribution in [3.8, 4) is 0 Å². The van der Waals surface area contributed by atoms with Gasteiger partial charge in [-0.3, -0.25) is 0 Å². The maximum Gasteiger partial charge on any atom is 0.673 e. The largest absolute Gasteiger partial charge is 0.673 e. The third-order valence-electron chi connectivity index (χ3n) is 1.60. The van der Waals surface area contributed by atoms with Gasteiger partial charge in [0.25, 0.3) is 0 Å². The van der Waals surface area contributed by atoms with Crippen LogP contribution >= 0.6 is 0 Å². The van der Waals surface area contributed by atoms with Gasteiger partial charge in [0.05, 0.1) is 0 Å². The van der Waals surface area contributed by atoms with Crippen molar-refractivity contribution in [2.75, 3.05) is 42.7 Å². The summed E-state index contributed by atoms with van der Waals surface area (Å²) in [6, 6.07) is 0. The molecule has 6 N–H and O–H groups in total. The Labute approximate surface area is 126 Å². The first-order valence-corrected chi connectivity index (χ1v) is 10.1. The molecule has 15 heteroatoms. The van der Waals surface area contributed by atoms with E-state index in [0.717, 1.165) is 0 Å². The van der Waals surface area contributed by atoms with Crippen LogP contribution in [0.25, 0.3) is 0 Å². The van der Waals surface area contributed by atoms with E-state index >= 15 is 0 Å². The van der Waals surface area contributed by atoms with Gasteiger partial charge < -0.3 is 55.3 Å². The van der Waals surface area contributed by atoms with Gasteiger partial charge in [-0.15, -0.1) is 0 Å². The molecule has 0 aromatic heterocycles. The first-order valence-electron chi connectivity index (χ1n) is 5.02. The van der Waals surface area contributed by atoms with Crippen LogP contribution in [0.1, 0.15) is 0 Å². The average Bonchev–Trinajstić information content (AvgIpc) is 2.48. The minimum absolute atomic E-state index is 1.18. The van der Waals surface area contributed by atoms with Crippen LogP contribution in [0.4, 0.5) is 0 Å². The van der Waals surface area contributed by atoms with Crippen LogP contribution in [0.15, 0.2) is 0 Å². The molecule has 0 aliphatic rings. The fraction of sp³-hybridized carbons (Fsp3) is 1.00. The average molecular weight is 373 g/mol. The van der Waals surface area contributed by atoms with Crippen LogP contribution in [0.2, 0.25) is 0 Å². The van der Waals surface area contributed by atoms with E-state index in [0.29, 0.717) is 0 Å². The maximum atomic E-state index is 8.38. The Balaban J connectivity index is -0.000000231.